The van der Waals surface area contributed by atoms with Gasteiger partial charge in [0.1, 0.15) is 5.82 Å². The molecule has 2 aromatic heterocycles. The zero-order valence-electron chi connectivity index (χ0n) is 15.0. The van der Waals surface area contributed by atoms with Gasteiger partial charge in [-0.2, -0.15) is 4.98 Å². The highest BCUT2D eigenvalue weighted by Gasteiger charge is 2.34. The quantitative estimate of drug-likeness (QED) is 0.668. The number of nitrogens with zero attached hydrogens (tertiary/aromatic N) is 6. The fourth-order valence-electron chi connectivity index (χ4n) is 3.45. The van der Waals surface area contributed by atoms with Crippen LogP contribution in [0.15, 0.2) is 22.7 Å². The number of carbonyl (C=O) groups is 1. The van der Waals surface area contributed by atoms with E-state index in [2.05, 4.69) is 20.3 Å². The van der Waals surface area contributed by atoms with Crippen LogP contribution < -0.4 is 0 Å². The van der Waals surface area contributed by atoms with E-state index in [9.17, 15) is 9.18 Å². The highest BCUT2D eigenvalue weighted by Crippen LogP contribution is 2.39. The Kier molecular flexibility index (Phi) is 3.94. The molecule has 3 heterocycles. The van der Waals surface area contributed by atoms with Gasteiger partial charge in [-0.3, -0.25) is 4.79 Å². The largest absolute Gasteiger partial charge is 0.339 e. The van der Waals surface area contributed by atoms with Crippen LogP contribution in [0.3, 0.4) is 0 Å². The summed E-state index contributed by atoms with van der Waals surface area (Å²) in [6.45, 7) is 2.77. The average molecular weight is 403 g/mol. The van der Waals surface area contributed by atoms with Gasteiger partial charge in [-0.05, 0) is 38.0 Å². The Morgan fingerprint density at radius 1 is 1.29 bits per heavy atom. The minimum Gasteiger partial charge on any atom is -0.339 e. The Balaban J connectivity index is 1.42. The highest BCUT2D eigenvalue weighted by atomic mass is 35.5. The summed E-state index contributed by atoms with van der Waals surface area (Å²) < 4.78 is 21.0. The summed E-state index contributed by atoms with van der Waals surface area (Å²) in [6, 6.07) is 3.72. The minimum absolute atomic E-state index is 0.0155. The first-order valence-corrected chi connectivity index (χ1v) is 9.44. The molecule has 1 atom stereocenters. The lowest BCUT2D eigenvalue weighted by Gasteiger charge is -2.33. The van der Waals surface area contributed by atoms with Crippen LogP contribution in [0, 0.1) is 5.82 Å². The monoisotopic (exact) mass is 402 g/mol. The van der Waals surface area contributed by atoms with Crippen LogP contribution in [-0.2, 0) is 6.54 Å². The Hall–Kier alpha value is -2.81. The summed E-state index contributed by atoms with van der Waals surface area (Å²) in [5, 5.41) is 12.5. The minimum atomic E-state index is -0.619. The van der Waals surface area contributed by atoms with Gasteiger partial charge in [0.2, 0.25) is 17.5 Å². The maximum Gasteiger partial charge on any atom is 0.254 e. The number of aromatic nitrogens is 5. The molecule has 1 fully saturated rings. The number of amides is 1. The number of carbonyl (C=O) groups excluding carboxylic acids is 1. The molecule has 1 amide bonds. The molecule has 1 aliphatic heterocycles. The van der Waals surface area contributed by atoms with Gasteiger partial charge >= 0.3 is 0 Å². The number of fused-ring (bicyclic) bond motifs is 1. The fourth-order valence-corrected chi connectivity index (χ4v) is 3.56. The van der Waals surface area contributed by atoms with Gasteiger partial charge in [-0.1, -0.05) is 16.8 Å². The first kappa shape index (κ1) is 17.3. The van der Waals surface area contributed by atoms with Gasteiger partial charge in [-0.15, -0.1) is 10.2 Å². The topological polar surface area (TPSA) is 89.9 Å². The third-order valence-corrected chi connectivity index (χ3v) is 5.49. The highest BCUT2D eigenvalue weighted by molar-refractivity contribution is 6.30. The van der Waals surface area contributed by atoms with Crippen molar-refractivity contribution in [2.45, 2.75) is 38.3 Å². The van der Waals surface area contributed by atoms with Crippen molar-refractivity contribution in [3.05, 3.63) is 46.3 Å². The van der Waals surface area contributed by atoms with Crippen molar-refractivity contribution in [2.24, 2.45) is 0 Å². The van der Waals surface area contributed by atoms with Gasteiger partial charge < -0.3 is 14.0 Å². The number of hydrogen-bond acceptors (Lipinski definition) is 6. The molecule has 0 N–H and O–H groups in total. The summed E-state index contributed by atoms with van der Waals surface area (Å²) in [5.74, 6) is 1.66. The molecule has 0 saturated heterocycles. The Bertz CT molecular complexity index is 1080. The van der Waals surface area contributed by atoms with Crippen molar-refractivity contribution >= 4 is 17.5 Å². The van der Waals surface area contributed by atoms with E-state index < -0.39 is 5.82 Å². The van der Waals surface area contributed by atoms with Crippen LogP contribution >= 0.6 is 11.6 Å². The Morgan fingerprint density at radius 3 is 2.86 bits per heavy atom. The van der Waals surface area contributed by atoms with Crippen molar-refractivity contribution in [2.75, 3.05) is 6.54 Å². The summed E-state index contributed by atoms with van der Waals surface area (Å²) >= 11 is 5.71. The molecule has 1 aromatic carbocycles. The molecule has 0 bridgehead atoms. The average Bonchev–Trinajstić information content (AvgIpc) is 3.25. The summed E-state index contributed by atoms with van der Waals surface area (Å²) in [7, 11) is 0. The molecular formula is C18H16ClFN6O2. The van der Waals surface area contributed by atoms with E-state index in [4.69, 9.17) is 16.1 Å². The third kappa shape index (κ3) is 2.77. The van der Waals surface area contributed by atoms with E-state index in [0.717, 1.165) is 18.9 Å². The van der Waals surface area contributed by atoms with Crippen molar-refractivity contribution in [1.82, 2.24) is 29.8 Å². The van der Waals surface area contributed by atoms with Gasteiger partial charge in [0.15, 0.2) is 5.82 Å². The molecule has 0 radical (unpaired) electrons. The van der Waals surface area contributed by atoms with Crippen LogP contribution in [0.25, 0.3) is 11.6 Å². The van der Waals surface area contributed by atoms with Crippen LogP contribution in [0.5, 0.6) is 0 Å². The van der Waals surface area contributed by atoms with E-state index in [0.29, 0.717) is 42.4 Å². The first-order chi connectivity index (χ1) is 13.5. The molecule has 2 aliphatic rings. The number of benzene rings is 1. The smallest absolute Gasteiger partial charge is 0.254 e. The molecule has 0 unspecified atom stereocenters. The molecule has 28 heavy (non-hydrogen) atoms. The number of rotatable bonds is 3. The molecule has 10 heteroatoms. The predicted octanol–water partition coefficient (Wildman–Crippen LogP) is 3.22. The normalized spacial score (nSPS) is 19.0. The molecular weight excluding hydrogens is 387 g/mol. The number of halogens is 2. The van der Waals surface area contributed by atoms with E-state index in [1.54, 1.807) is 4.90 Å². The van der Waals surface area contributed by atoms with Crippen LogP contribution in [0.2, 0.25) is 5.02 Å². The standard InChI is InChI=1S/C18H16ClFN6O2/c1-9-15-22-23-16(14-21-17(28-24-14)10-2-3-10)26(15)7-6-25(9)18(27)11-4-5-12(19)13(20)8-11/h4-5,8-10H,2-3,6-7H2,1H3/t9-/m1/s1. The maximum atomic E-state index is 13.7. The first-order valence-electron chi connectivity index (χ1n) is 9.06. The Labute approximate surface area is 164 Å². The molecule has 5 rings (SSSR count). The lowest BCUT2D eigenvalue weighted by atomic mass is 10.1. The van der Waals surface area contributed by atoms with Crippen molar-refractivity contribution < 1.29 is 13.7 Å². The zero-order chi connectivity index (χ0) is 19.4. The zero-order valence-corrected chi connectivity index (χ0v) is 15.7. The second-order valence-corrected chi connectivity index (χ2v) is 7.47. The number of hydrogen-bond donors (Lipinski definition) is 0. The lowest BCUT2D eigenvalue weighted by molar-refractivity contribution is 0.0638. The SMILES string of the molecule is C[C@@H]1c2nnc(-c3noc(C4CC4)n3)n2CCN1C(=O)c1ccc(Cl)c(F)c1. The molecule has 1 saturated carbocycles. The van der Waals surface area contributed by atoms with E-state index in [1.807, 2.05) is 11.5 Å². The molecule has 144 valence electrons. The van der Waals surface area contributed by atoms with Gasteiger partial charge in [0.25, 0.3) is 5.91 Å². The van der Waals surface area contributed by atoms with E-state index in [1.165, 1.54) is 12.1 Å². The van der Waals surface area contributed by atoms with Crippen LogP contribution in [-0.4, -0.2) is 42.3 Å². The van der Waals surface area contributed by atoms with Gasteiger partial charge in [0, 0.05) is 24.6 Å². The maximum absolute atomic E-state index is 13.7. The molecule has 3 aromatic rings. The van der Waals surface area contributed by atoms with Crippen LogP contribution in [0.1, 0.15) is 53.8 Å². The van der Waals surface area contributed by atoms with E-state index in [-0.39, 0.29) is 22.5 Å². The second kappa shape index (κ2) is 6.37. The molecule has 1 aliphatic carbocycles. The predicted molar refractivity (Wildman–Crippen MR) is 96.2 cm³/mol. The van der Waals surface area contributed by atoms with Crippen molar-refractivity contribution in [3.8, 4) is 11.6 Å². The van der Waals surface area contributed by atoms with Crippen molar-refractivity contribution in [1.29, 1.82) is 0 Å². The third-order valence-electron chi connectivity index (χ3n) is 5.18. The van der Waals surface area contributed by atoms with Crippen molar-refractivity contribution in [3.63, 3.8) is 0 Å². The Morgan fingerprint density at radius 2 is 2.11 bits per heavy atom. The van der Waals surface area contributed by atoms with Gasteiger partial charge in [0.05, 0.1) is 11.1 Å². The molecule has 0 spiro atoms. The lowest BCUT2D eigenvalue weighted by Crippen LogP contribution is -2.41. The summed E-state index contributed by atoms with van der Waals surface area (Å²) in [4.78, 5) is 18.9. The van der Waals surface area contributed by atoms with Crippen LogP contribution in [0.4, 0.5) is 4.39 Å². The van der Waals surface area contributed by atoms with Gasteiger partial charge in [-0.25, -0.2) is 4.39 Å². The second-order valence-electron chi connectivity index (χ2n) is 7.07. The summed E-state index contributed by atoms with van der Waals surface area (Å²) in [6.07, 6.45) is 2.14. The summed E-state index contributed by atoms with van der Waals surface area (Å²) in [5.41, 5.74) is 0.245. The molecule has 8 nitrogen and oxygen atoms in total. The van der Waals surface area contributed by atoms with E-state index >= 15 is 0 Å². The fraction of sp³-hybridized carbons (Fsp3) is 0.389.